The maximum atomic E-state index is 9.56. The van der Waals surface area contributed by atoms with Gasteiger partial charge in [-0.15, -0.1) is 0 Å². The molecule has 2 rings (SSSR count). The fraction of sp³-hybridized carbons (Fsp3) is 0.200. The molecule has 1 N–H and O–H groups in total. The lowest BCUT2D eigenvalue weighted by Gasteiger charge is -2.11. The molecular formula is C15H15BrO3. The van der Waals surface area contributed by atoms with E-state index < -0.39 is 6.10 Å². The Morgan fingerprint density at radius 1 is 1.00 bits per heavy atom. The van der Waals surface area contributed by atoms with Gasteiger partial charge in [0.2, 0.25) is 0 Å². The highest BCUT2D eigenvalue weighted by atomic mass is 79.9. The summed E-state index contributed by atoms with van der Waals surface area (Å²) < 4.78 is 11.6. The number of hydrogen-bond acceptors (Lipinski definition) is 3. The molecule has 19 heavy (non-hydrogen) atoms. The van der Waals surface area contributed by atoms with Crippen LogP contribution in [0.5, 0.6) is 17.2 Å². The average molecular weight is 323 g/mol. The smallest absolute Gasteiger partial charge is 0.128 e. The normalized spacial score (nSPS) is 12.0. The number of rotatable bonds is 4. The summed E-state index contributed by atoms with van der Waals surface area (Å²) in [6.07, 6.45) is -0.510. The fourth-order valence-electron chi connectivity index (χ4n) is 1.69. The second-order valence-corrected chi connectivity index (χ2v) is 4.99. The van der Waals surface area contributed by atoms with E-state index in [2.05, 4.69) is 15.9 Å². The molecule has 0 aliphatic heterocycles. The first-order chi connectivity index (χ1) is 9.10. The average Bonchev–Trinajstić information content (AvgIpc) is 2.39. The Morgan fingerprint density at radius 3 is 2.11 bits per heavy atom. The Balaban J connectivity index is 2.16. The van der Waals surface area contributed by atoms with Gasteiger partial charge >= 0.3 is 0 Å². The number of ether oxygens (including phenoxy) is 2. The molecule has 0 radical (unpaired) electrons. The van der Waals surface area contributed by atoms with Crippen molar-refractivity contribution >= 4 is 15.9 Å². The molecule has 2 aromatic carbocycles. The molecule has 0 aromatic heterocycles. The van der Waals surface area contributed by atoms with Crippen LogP contribution < -0.4 is 9.47 Å². The van der Waals surface area contributed by atoms with Crippen LogP contribution in [0.1, 0.15) is 18.6 Å². The van der Waals surface area contributed by atoms with Crippen molar-refractivity contribution < 1.29 is 14.6 Å². The molecule has 0 heterocycles. The monoisotopic (exact) mass is 322 g/mol. The summed E-state index contributed by atoms with van der Waals surface area (Å²) >= 11 is 3.42. The highest BCUT2D eigenvalue weighted by Gasteiger charge is 2.07. The van der Waals surface area contributed by atoms with Crippen LogP contribution in [-0.2, 0) is 0 Å². The number of halogens is 1. The number of aliphatic hydroxyl groups is 1. The lowest BCUT2D eigenvalue weighted by atomic mass is 10.1. The fourth-order valence-corrected chi connectivity index (χ4v) is 2.38. The first-order valence-electron chi connectivity index (χ1n) is 5.89. The summed E-state index contributed by atoms with van der Waals surface area (Å²) in [6, 6.07) is 12.9. The van der Waals surface area contributed by atoms with E-state index in [4.69, 9.17) is 9.47 Å². The maximum Gasteiger partial charge on any atom is 0.128 e. The van der Waals surface area contributed by atoms with Crippen LogP contribution >= 0.6 is 15.9 Å². The summed E-state index contributed by atoms with van der Waals surface area (Å²) in [5.41, 5.74) is 0.835. The van der Waals surface area contributed by atoms with Gasteiger partial charge in [0.1, 0.15) is 17.2 Å². The number of aliphatic hydroxyl groups excluding tert-OH is 1. The van der Waals surface area contributed by atoms with Crippen LogP contribution in [0.15, 0.2) is 46.9 Å². The standard InChI is InChI=1S/C15H15BrO3/c1-10(17)14-8-7-13(9-15(14)16)19-12-5-3-11(18-2)4-6-12/h3-10,17H,1-2H3/t10-/m0/s1. The van der Waals surface area contributed by atoms with Crippen LogP contribution in [0.3, 0.4) is 0 Å². The third-order valence-electron chi connectivity index (χ3n) is 2.72. The molecule has 0 saturated heterocycles. The van der Waals surface area contributed by atoms with Crippen molar-refractivity contribution in [2.75, 3.05) is 7.11 Å². The maximum absolute atomic E-state index is 9.56. The summed E-state index contributed by atoms with van der Waals surface area (Å²) in [7, 11) is 1.63. The molecule has 4 heteroatoms. The van der Waals surface area contributed by atoms with E-state index >= 15 is 0 Å². The zero-order chi connectivity index (χ0) is 13.8. The second-order valence-electron chi connectivity index (χ2n) is 4.14. The van der Waals surface area contributed by atoms with Crippen molar-refractivity contribution in [2.24, 2.45) is 0 Å². The summed E-state index contributed by atoms with van der Waals surface area (Å²) in [6.45, 7) is 1.73. The minimum Gasteiger partial charge on any atom is -0.497 e. The van der Waals surface area contributed by atoms with Crippen molar-refractivity contribution in [1.82, 2.24) is 0 Å². The minimum atomic E-state index is -0.510. The lowest BCUT2D eigenvalue weighted by Crippen LogP contribution is -1.93. The molecule has 0 bridgehead atoms. The molecular weight excluding hydrogens is 308 g/mol. The molecule has 3 nitrogen and oxygen atoms in total. The first kappa shape index (κ1) is 13.9. The molecule has 2 aromatic rings. The summed E-state index contributed by atoms with van der Waals surface area (Å²) in [4.78, 5) is 0. The molecule has 0 amide bonds. The van der Waals surface area contributed by atoms with Gasteiger partial charge in [-0.25, -0.2) is 0 Å². The Hall–Kier alpha value is -1.52. The SMILES string of the molecule is COc1ccc(Oc2ccc([C@H](C)O)c(Br)c2)cc1. The Bertz CT molecular complexity index is 550. The topological polar surface area (TPSA) is 38.7 Å². The van der Waals surface area contributed by atoms with Gasteiger partial charge < -0.3 is 14.6 Å². The third kappa shape index (κ3) is 3.49. The zero-order valence-corrected chi connectivity index (χ0v) is 12.3. The Labute approximate surface area is 120 Å². The van der Waals surface area contributed by atoms with Gasteiger partial charge in [0.15, 0.2) is 0 Å². The van der Waals surface area contributed by atoms with Crippen LogP contribution in [0.4, 0.5) is 0 Å². The molecule has 0 spiro atoms. The molecule has 0 aliphatic carbocycles. The summed E-state index contributed by atoms with van der Waals surface area (Å²) in [5.74, 6) is 2.23. The second kappa shape index (κ2) is 6.08. The van der Waals surface area contributed by atoms with Crippen LogP contribution in [-0.4, -0.2) is 12.2 Å². The van der Waals surface area contributed by atoms with Crippen LogP contribution in [0.2, 0.25) is 0 Å². The van der Waals surface area contributed by atoms with Gasteiger partial charge in [-0.05, 0) is 48.9 Å². The van der Waals surface area contributed by atoms with E-state index in [1.165, 1.54) is 0 Å². The number of methoxy groups -OCH3 is 1. The molecule has 1 atom stereocenters. The van der Waals surface area contributed by atoms with Crippen molar-refractivity contribution in [3.63, 3.8) is 0 Å². The van der Waals surface area contributed by atoms with Gasteiger partial charge in [-0.1, -0.05) is 22.0 Å². The Morgan fingerprint density at radius 2 is 1.58 bits per heavy atom. The summed E-state index contributed by atoms with van der Waals surface area (Å²) in [5, 5.41) is 9.56. The van der Waals surface area contributed by atoms with E-state index in [9.17, 15) is 5.11 Å². The first-order valence-corrected chi connectivity index (χ1v) is 6.69. The quantitative estimate of drug-likeness (QED) is 0.911. The third-order valence-corrected chi connectivity index (χ3v) is 3.40. The van der Waals surface area contributed by atoms with Crippen LogP contribution in [0.25, 0.3) is 0 Å². The highest BCUT2D eigenvalue weighted by Crippen LogP contribution is 2.30. The predicted octanol–water partition coefficient (Wildman–Crippen LogP) is 4.30. The van der Waals surface area contributed by atoms with Gasteiger partial charge in [-0.3, -0.25) is 0 Å². The molecule has 0 aliphatic rings. The molecule has 0 saturated carbocycles. The lowest BCUT2D eigenvalue weighted by molar-refractivity contribution is 0.198. The van der Waals surface area contributed by atoms with Crippen LogP contribution in [0, 0.1) is 0 Å². The predicted molar refractivity (Wildman–Crippen MR) is 77.8 cm³/mol. The van der Waals surface area contributed by atoms with E-state index in [-0.39, 0.29) is 0 Å². The van der Waals surface area contributed by atoms with Crippen molar-refractivity contribution in [2.45, 2.75) is 13.0 Å². The van der Waals surface area contributed by atoms with E-state index in [0.29, 0.717) is 5.75 Å². The molecule has 0 fully saturated rings. The van der Waals surface area contributed by atoms with Crippen molar-refractivity contribution in [3.05, 3.63) is 52.5 Å². The van der Waals surface area contributed by atoms with E-state index in [1.807, 2.05) is 42.5 Å². The van der Waals surface area contributed by atoms with E-state index in [0.717, 1.165) is 21.5 Å². The van der Waals surface area contributed by atoms with E-state index in [1.54, 1.807) is 14.0 Å². The van der Waals surface area contributed by atoms with Crippen molar-refractivity contribution in [1.29, 1.82) is 0 Å². The van der Waals surface area contributed by atoms with Crippen molar-refractivity contribution in [3.8, 4) is 17.2 Å². The largest absolute Gasteiger partial charge is 0.497 e. The zero-order valence-electron chi connectivity index (χ0n) is 10.8. The molecule has 100 valence electrons. The minimum absolute atomic E-state index is 0.510. The van der Waals surface area contributed by atoms with Gasteiger partial charge in [0.25, 0.3) is 0 Å². The molecule has 0 unspecified atom stereocenters. The van der Waals surface area contributed by atoms with Gasteiger partial charge in [-0.2, -0.15) is 0 Å². The van der Waals surface area contributed by atoms with Gasteiger partial charge in [0, 0.05) is 4.47 Å². The highest BCUT2D eigenvalue weighted by molar-refractivity contribution is 9.10. The number of hydrogen-bond donors (Lipinski definition) is 1. The van der Waals surface area contributed by atoms with Gasteiger partial charge in [0.05, 0.1) is 13.2 Å². The number of benzene rings is 2. The Kier molecular flexibility index (Phi) is 4.45.